The third-order valence-electron chi connectivity index (χ3n) is 3.24. The maximum atomic E-state index is 5.73. The van der Waals surface area contributed by atoms with Gasteiger partial charge in [-0.05, 0) is 51.8 Å². The number of hydrogen-bond acceptors (Lipinski definition) is 4. The van der Waals surface area contributed by atoms with Crippen LogP contribution in [0.5, 0.6) is 5.75 Å². The predicted octanol–water partition coefficient (Wildman–Crippen LogP) is 4.43. The van der Waals surface area contributed by atoms with Gasteiger partial charge in [-0.25, -0.2) is 0 Å². The Morgan fingerprint density at radius 3 is 2.65 bits per heavy atom. The van der Waals surface area contributed by atoms with Crippen LogP contribution in [-0.2, 0) is 13.2 Å². The van der Waals surface area contributed by atoms with Crippen LogP contribution >= 0.6 is 15.9 Å². The number of pyridine rings is 2. The van der Waals surface area contributed by atoms with Gasteiger partial charge in [-0.1, -0.05) is 18.2 Å². The van der Waals surface area contributed by atoms with E-state index < -0.39 is 0 Å². The molecule has 0 spiro atoms. The van der Waals surface area contributed by atoms with Gasteiger partial charge in [-0.15, -0.1) is 0 Å². The molecule has 0 aliphatic rings. The molecule has 0 fully saturated rings. The van der Waals surface area contributed by atoms with Crippen LogP contribution < -0.4 is 10.1 Å². The average molecular weight is 370 g/mol. The van der Waals surface area contributed by atoms with E-state index in [0.29, 0.717) is 6.61 Å². The zero-order chi connectivity index (χ0) is 15.9. The van der Waals surface area contributed by atoms with Crippen LogP contribution in [0.25, 0.3) is 0 Å². The van der Waals surface area contributed by atoms with Crippen molar-refractivity contribution in [2.75, 3.05) is 5.32 Å². The summed E-state index contributed by atoms with van der Waals surface area (Å²) in [5.41, 5.74) is 3.07. The lowest BCUT2D eigenvalue weighted by Gasteiger charge is -2.08. The van der Waals surface area contributed by atoms with Crippen LogP contribution in [-0.4, -0.2) is 9.97 Å². The molecule has 1 N–H and O–H groups in total. The Morgan fingerprint density at radius 2 is 1.91 bits per heavy atom. The van der Waals surface area contributed by atoms with Gasteiger partial charge < -0.3 is 10.1 Å². The molecule has 0 saturated carbocycles. The highest BCUT2D eigenvalue weighted by molar-refractivity contribution is 9.10. The van der Waals surface area contributed by atoms with Gasteiger partial charge in [-0.2, -0.15) is 0 Å². The van der Waals surface area contributed by atoms with Crippen molar-refractivity contribution >= 4 is 21.6 Å². The molecular formula is C18H16BrN3O. The molecule has 0 unspecified atom stereocenters. The average Bonchev–Trinajstić information content (AvgIpc) is 2.60. The summed E-state index contributed by atoms with van der Waals surface area (Å²) in [4.78, 5) is 8.37. The summed E-state index contributed by atoms with van der Waals surface area (Å²) in [6.07, 6.45) is 5.33. The monoisotopic (exact) mass is 369 g/mol. The number of anilines is 1. The smallest absolute Gasteiger partial charge is 0.130 e. The SMILES string of the molecule is Brc1cncc(NCc2ccc(OCc3ccccn3)cc2)c1. The number of hydrogen-bond donors (Lipinski definition) is 1. The van der Waals surface area contributed by atoms with E-state index >= 15 is 0 Å². The van der Waals surface area contributed by atoms with E-state index in [1.165, 1.54) is 5.56 Å². The first-order chi connectivity index (χ1) is 11.3. The quantitative estimate of drug-likeness (QED) is 0.697. The van der Waals surface area contributed by atoms with Crippen molar-refractivity contribution in [3.63, 3.8) is 0 Å². The van der Waals surface area contributed by atoms with Gasteiger partial charge >= 0.3 is 0 Å². The molecule has 116 valence electrons. The van der Waals surface area contributed by atoms with Crippen LogP contribution in [0, 0.1) is 0 Å². The van der Waals surface area contributed by atoms with Crippen LogP contribution in [0.2, 0.25) is 0 Å². The summed E-state index contributed by atoms with van der Waals surface area (Å²) < 4.78 is 6.69. The van der Waals surface area contributed by atoms with E-state index in [1.54, 1.807) is 18.6 Å². The van der Waals surface area contributed by atoms with E-state index in [1.807, 2.05) is 48.5 Å². The molecule has 1 aromatic carbocycles. The Balaban J connectivity index is 1.52. The second-order valence-electron chi connectivity index (χ2n) is 5.00. The minimum Gasteiger partial charge on any atom is -0.487 e. The number of aromatic nitrogens is 2. The molecule has 3 aromatic rings. The van der Waals surface area contributed by atoms with Crippen molar-refractivity contribution in [3.8, 4) is 5.75 Å². The Labute approximate surface area is 143 Å². The van der Waals surface area contributed by atoms with Gasteiger partial charge in [0, 0.05) is 23.4 Å². The van der Waals surface area contributed by atoms with E-state index in [-0.39, 0.29) is 0 Å². The molecule has 0 atom stereocenters. The second kappa shape index (κ2) is 7.74. The zero-order valence-electron chi connectivity index (χ0n) is 12.4. The maximum Gasteiger partial charge on any atom is 0.130 e. The summed E-state index contributed by atoms with van der Waals surface area (Å²) >= 11 is 3.41. The Bertz CT molecular complexity index is 748. The fourth-order valence-corrected chi connectivity index (χ4v) is 2.42. The first kappa shape index (κ1) is 15.5. The highest BCUT2D eigenvalue weighted by Gasteiger charge is 1.99. The Kier molecular flexibility index (Phi) is 5.21. The van der Waals surface area contributed by atoms with Gasteiger partial charge in [0.25, 0.3) is 0 Å². The topological polar surface area (TPSA) is 47.0 Å². The molecule has 23 heavy (non-hydrogen) atoms. The van der Waals surface area contributed by atoms with Crippen molar-refractivity contribution < 1.29 is 4.74 Å². The third kappa shape index (κ3) is 4.79. The Hall–Kier alpha value is -2.40. The molecule has 2 heterocycles. The molecule has 0 amide bonds. The first-order valence-electron chi connectivity index (χ1n) is 7.26. The zero-order valence-corrected chi connectivity index (χ0v) is 14.0. The molecule has 0 radical (unpaired) electrons. The molecule has 2 aromatic heterocycles. The highest BCUT2D eigenvalue weighted by Crippen LogP contribution is 2.17. The molecular weight excluding hydrogens is 354 g/mol. The van der Waals surface area contributed by atoms with Gasteiger partial charge in [-0.3, -0.25) is 9.97 Å². The normalized spacial score (nSPS) is 10.3. The predicted molar refractivity (Wildman–Crippen MR) is 94.3 cm³/mol. The fourth-order valence-electron chi connectivity index (χ4n) is 2.06. The van der Waals surface area contributed by atoms with E-state index in [4.69, 9.17) is 4.74 Å². The number of ether oxygens (including phenoxy) is 1. The number of halogens is 1. The first-order valence-corrected chi connectivity index (χ1v) is 8.05. The van der Waals surface area contributed by atoms with E-state index in [0.717, 1.165) is 28.1 Å². The van der Waals surface area contributed by atoms with Crippen LogP contribution in [0.15, 0.2) is 71.6 Å². The standard InChI is InChI=1S/C18H16BrN3O/c19-15-9-17(12-20-11-15)22-10-14-4-6-18(7-5-14)23-13-16-3-1-2-8-21-16/h1-9,11-12,22H,10,13H2. The largest absolute Gasteiger partial charge is 0.487 e. The van der Waals surface area contributed by atoms with Gasteiger partial charge in [0.15, 0.2) is 0 Å². The van der Waals surface area contributed by atoms with Gasteiger partial charge in [0.05, 0.1) is 17.6 Å². The third-order valence-corrected chi connectivity index (χ3v) is 3.67. The number of nitrogens with zero attached hydrogens (tertiary/aromatic N) is 2. The summed E-state index contributed by atoms with van der Waals surface area (Å²) in [7, 11) is 0. The van der Waals surface area contributed by atoms with Crippen molar-refractivity contribution in [1.82, 2.24) is 9.97 Å². The van der Waals surface area contributed by atoms with Gasteiger partial charge in [0.1, 0.15) is 12.4 Å². The lowest BCUT2D eigenvalue weighted by molar-refractivity contribution is 0.301. The van der Waals surface area contributed by atoms with E-state index in [2.05, 4.69) is 31.2 Å². The van der Waals surface area contributed by atoms with Crippen LogP contribution in [0.3, 0.4) is 0 Å². The van der Waals surface area contributed by atoms with Gasteiger partial charge in [0.2, 0.25) is 0 Å². The molecule has 4 nitrogen and oxygen atoms in total. The highest BCUT2D eigenvalue weighted by atomic mass is 79.9. The van der Waals surface area contributed by atoms with Crippen molar-refractivity contribution in [3.05, 3.63) is 82.9 Å². The summed E-state index contributed by atoms with van der Waals surface area (Å²) in [6.45, 7) is 1.21. The minimum absolute atomic E-state index is 0.474. The minimum atomic E-state index is 0.474. The summed E-state index contributed by atoms with van der Waals surface area (Å²) in [5.74, 6) is 0.837. The molecule has 0 aliphatic carbocycles. The van der Waals surface area contributed by atoms with Crippen LogP contribution in [0.4, 0.5) is 5.69 Å². The van der Waals surface area contributed by atoms with Crippen LogP contribution in [0.1, 0.15) is 11.3 Å². The molecule has 0 bridgehead atoms. The molecule has 3 rings (SSSR count). The second-order valence-corrected chi connectivity index (χ2v) is 5.91. The number of benzene rings is 1. The summed E-state index contributed by atoms with van der Waals surface area (Å²) in [6, 6.07) is 15.8. The molecule has 0 saturated heterocycles. The molecule has 5 heteroatoms. The van der Waals surface area contributed by atoms with Crippen molar-refractivity contribution in [2.45, 2.75) is 13.2 Å². The lowest BCUT2D eigenvalue weighted by atomic mass is 10.2. The fraction of sp³-hybridized carbons (Fsp3) is 0.111. The number of nitrogens with one attached hydrogen (secondary N) is 1. The lowest BCUT2D eigenvalue weighted by Crippen LogP contribution is -2.00. The molecule has 0 aliphatic heterocycles. The van der Waals surface area contributed by atoms with E-state index in [9.17, 15) is 0 Å². The van der Waals surface area contributed by atoms with Crippen molar-refractivity contribution in [2.24, 2.45) is 0 Å². The Morgan fingerprint density at radius 1 is 1.04 bits per heavy atom. The summed E-state index contributed by atoms with van der Waals surface area (Å²) in [5, 5.41) is 3.34. The number of rotatable bonds is 6. The van der Waals surface area contributed by atoms with Crippen molar-refractivity contribution in [1.29, 1.82) is 0 Å². The maximum absolute atomic E-state index is 5.73.